The summed E-state index contributed by atoms with van der Waals surface area (Å²) in [6.07, 6.45) is 3.12. The molecule has 0 bridgehead atoms. The number of methoxy groups -OCH3 is 1. The first-order valence-corrected chi connectivity index (χ1v) is 6.39. The molecule has 100 valence electrons. The third-order valence-corrected chi connectivity index (χ3v) is 2.93. The Bertz CT molecular complexity index is 224. The summed E-state index contributed by atoms with van der Waals surface area (Å²) in [7, 11) is 1.67. The number of hydrogen-bond donors (Lipinski definition) is 2. The molecule has 5 nitrogen and oxygen atoms in total. The lowest BCUT2D eigenvalue weighted by molar-refractivity contribution is -0.123. The monoisotopic (exact) mass is 244 g/mol. The molecule has 0 aliphatic carbocycles. The second-order valence-corrected chi connectivity index (χ2v) is 4.31. The van der Waals surface area contributed by atoms with Gasteiger partial charge in [0.2, 0.25) is 5.91 Å². The zero-order valence-electron chi connectivity index (χ0n) is 10.8. The van der Waals surface area contributed by atoms with Crippen LogP contribution in [0.3, 0.4) is 0 Å². The Balaban J connectivity index is 2.01. The quantitative estimate of drug-likeness (QED) is 0.603. The fourth-order valence-electron chi connectivity index (χ4n) is 1.80. The van der Waals surface area contributed by atoms with Gasteiger partial charge in [0.05, 0.1) is 18.8 Å². The molecule has 0 radical (unpaired) electrons. The van der Waals surface area contributed by atoms with Crippen LogP contribution in [0.4, 0.5) is 0 Å². The Labute approximate surface area is 103 Å². The molecule has 1 aliphatic heterocycles. The van der Waals surface area contributed by atoms with Gasteiger partial charge in [-0.05, 0) is 12.8 Å². The van der Waals surface area contributed by atoms with Gasteiger partial charge >= 0.3 is 0 Å². The third kappa shape index (κ3) is 5.48. The molecular weight excluding hydrogens is 220 g/mol. The summed E-state index contributed by atoms with van der Waals surface area (Å²) in [5.74, 6) is 0.0450. The van der Waals surface area contributed by atoms with Crippen molar-refractivity contribution in [2.75, 3.05) is 33.4 Å². The molecule has 0 aromatic heterocycles. The Morgan fingerprint density at radius 3 is 2.94 bits per heavy atom. The van der Waals surface area contributed by atoms with Gasteiger partial charge in [0, 0.05) is 26.8 Å². The number of nitrogens with one attached hydrogen (secondary N) is 2. The molecule has 1 aliphatic rings. The molecule has 0 spiro atoms. The molecule has 1 rings (SSSR count). The molecular formula is C12H24N2O3. The van der Waals surface area contributed by atoms with E-state index >= 15 is 0 Å². The number of rotatable bonds is 8. The number of unbranched alkanes of at least 4 members (excludes halogenated alkanes) is 1. The van der Waals surface area contributed by atoms with E-state index in [1.807, 2.05) is 0 Å². The van der Waals surface area contributed by atoms with Crippen LogP contribution in [0.5, 0.6) is 0 Å². The number of ether oxygens (including phenoxy) is 2. The Hall–Kier alpha value is -0.650. The summed E-state index contributed by atoms with van der Waals surface area (Å²) in [5.41, 5.74) is 0. The van der Waals surface area contributed by atoms with E-state index in [4.69, 9.17) is 9.47 Å². The van der Waals surface area contributed by atoms with Crippen molar-refractivity contribution in [3.05, 3.63) is 0 Å². The molecule has 1 amide bonds. The molecule has 17 heavy (non-hydrogen) atoms. The zero-order valence-corrected chi connectivity index (χ0v) is 10.8. The van der Waals surface area contributed by atoms with Crippen LogP contribution >= 0.6 is 0 Å². The molecule has 0 saturated carbocycles. The molecule has 5 heteroatoms. The molecule has 2 atom stereocenters. The molecule has 1 fully saturated rings. The molecule has 2 unspecified atom stereocenters. The largest absolute Gasteiger partial charge is 0.380 e. The summed E-state index contributed by atoms with van der Waals surface area (Å²) < 4.78 is 10.6. The van der Waals surface area contributed by atoms with Crippen LogP contribution in [-0.2, 0) is 14.3 Å². The number of hydrogen-bond acceptors (Lipinski definition) is 4. The SMILES string of the molecule is CCCCOCCNC(=O)C1CC(OC)CN1. The van der Waals surface area contributed by atoms with Gasteiger partial charge in [0.25, 0.3) is 0 Å². The van der Waals surface area contributed by atoms with Crippen LogP contribution in [0.15, 0.2) is 0 Å². The minimum Gasteiger partial charge on any atom is -0.380 e. The number of amides is 1. The lowest BCUT2D eigenvalue weighted by atomic mass is 10.2. The smallest absolute Gasteiger partial charge is 0.237 e. The standard InChI is InChI=1S/C12H24N2O3/c1-3-4-6-17-7-5-13-12(15)11-8-10(16-2)9-14-11/h10-11,14H,3-9H2,1-2H3,(H,13,15). The van der Waals surface area contributed by atoms with Gasteiger partial charge < -0.3 is 20.1 Å². The molecule has 1 heterocycles. The molecule has 0 aromatic rings. The van der Waals surface area contributed by atoms with Gasteiger partial charge in [-0.3, -0.25) is 4.79 Å². The average molecular weight is 244 g/mol. The van der Waals surface area contributed by atoms with Crippen LogP contribution in [0.25, 0.3) is 0 Å². The van der Waals surface area contributed by atoms with E-state index < -0.39 is 0 Å². The highest BCUT2D eigenvalue weighted by Crippen LogP contribution is 2.09. The molecule has 1 saturated heterocycles. The van der Waals surface area contributed by atoms with Crippen molar-refractivity contribution in [2.24, 2.45) is 0 Å². The van der Waals surface area contributed by atoms with Crippen molar-refractivity contribution in [2.45, 2.75) is 38.3 Å². The van der Waals surface area contributed by atoms with Crippen LogP contribution < -0.4 is 10.6 Å². The van der Waals surface area contributed by atoms with E-state index in [2.05, 4.69) is 17.6 Å². The summed E-state index contributed by atoms with van der Waals surface area (Å²) in [6, 6.07) is -0.115. The van der Waals surface area contributed by atoms with Crippen LogP contribution in [0, 0.1) is 0 Å². The van der Waals surface area contributed by atoms with E-state index in [1.54, 1.807) is 7.11 Å². The fraction of sp³-hybridized carbons (Fsp3) is 0.917. The molecule has 2 N–H and O–H groups in total. The highest BCUT2D eigenvalue weighted by atomic mass is 16.5. The second kappa shape index (κ2) is 8.44. The van der Waals surface area contributed by atoms with Crippen LogP contribution in [-0.4, -0.2) is 51.5 Å². The summed E-state index contributed by atoms with van der Waals surface area (Å²) in [5, 5.41) is 6.00. The van der Waals surface area contributed by atoms with Gasteiger partial charge in [-0.25, -0.2) is 0 Å². The van der Waals surface area contributed by atoms with Crippen LogP contribution in [0.1, 0.15) is 26.2 Å². The van der Waals surface area contributed by atoms with Crippen molar-refractivity contribution in [3.63, 3.8) is 0 Å². The third-order valence-electron chi connectivity index (χ3n) is 2.93. The summed E-state index contributed by atoms with van der Waals surface area (Å²) in [6.45, 7) is 4.83. The van der Waals surface area contributed by atoms with E-state index in [-0.39, 0.29) is 18.1 Å². The predicted octanol–water partition coefficient (Wildman–Crippen LogP) is 0.296. The Kier molecular flexibility index (Phi) is 7.16. The van der Waals surface area contributed by atoms with E-state index in [0.717, 1.165) is 32.4 Å². The summed E-state index contributed by atoms with van der Waals surface area (Å²) in [4.78, 5) is 11.7. The fourth-order valence-corrected chi connectivity index (χ4v) is 1.80. The summed E-state index contributed by atoms with van der Waals surface area (Å²) >= 11 is 0. The zero-order chi connectivity index (χ0) is 12.5. The van der Waals surface area contributed by atoms with E-state index in [0.29, 0.717) is 13.2 Å². The number of carbonyl (C=O) groups excluding carboxylic acids is 1. The maximum absolute atomic E-state index is 11.7. The van der Waals surface area contributed by atoms with E-state index in [9.17, 15) is 4.79 Å². The predicted molar refractivity (Wildman–Crippen MR) is 65.9 cm³/mol. The minimum absolute atomic E-state index is 0.0450. The van der Waals surface area contributed by atoms with Crippen LogP contribution in [0.2, 0.25) is 0 Å². The molecule has 0 aromatic carbocycles. The van der Waals surface area contributed by atoms with Crippen molar-refractivity contribution in [1.82, 2.24) is 10.6 Å². The Morgan fingerprint density at radius 2 is 2.29 bits per heavy atom. The van der Waals surface area contributed by atoms with Crippen molar-refractivity contribution >= 4 is 5.91 Å². The number of carbonyl (C=O) groups is 1. The normalized spacial score (nSPS) is 23.9. The van der Waals surface area contributed by atoms with Crippen molar-refractivity contribution < 1.29 is 14.3 Å². The first-order valence-electron chi connectivity index (χ1n) is 6.39. The lowest BCUT2D eigenvalue weighted by Crippen LogP contribution is -2.41. The topological polar surface area (TPSA) is 59.6 Å². The van der Waals surface area contributed by atoms with Gasteiger partial charge in [-0.15, -0.1) is 0 Å². The van der Waals surface area contributed by atoms with Gasteiger partial charge in [-0.2, -0.15) is 0 Å². The highest BCUT2D eigenvalue weighted by molar-refractivity contribution is 5.82. The minimum atomic E-state index is -0.115. The van der Waals surface area contributed by atoms with Gasteiger partial charge in [-0.1, -0.05) is 13.3 Å². The maximum atomic E-state index is 11.7. The Morgan fingerprint density at radius 1 is 1.47 bits per heavy atom. The first-order chi connectivity index (χ1) is 8.27. The van der Waals surface area contributed by atoms with Crippen molar-refractivity contribution in [1.29, 1.82) is 0 Å². The van der Waals surface area contributed by atoms with Gasteiger partial charge in [0.15, 0.2) is 0 Å². The maximum Gasteiger partial charge on any atom is 0.237 e. The van der Waals surface area contributed by atoms with Crippen molar-refractivity contribution in [3.8, 4) is 0 Å². The first kappa shape index (κ1) is 14.4. The highest BCUT2D eigenvalue weighted by Gasteiger charge is 2.28. The second-order valence-electron chi connectivity index (χ2n) is 4.31. The lowest BCUT2D eigenvalue weighted by Gasteiger charge is -2.11. The average Bonchev–Trinajstić information content (AvgIpc) is 2.82. The van der Waals surface area contributed by atoms with Gasteiger partial charge in [0.1, 0.15) is 0 Å². The van der Waals surface area contributed by atoms with E-state index in [1.165, 1.54) is 0 Å².